The van der Waals surface area contributed by atoms with E-state index in [-0.39, 0.29) is 19.0 Å². The smallest absolute Gasteiger partial charge is 0.337 e. The van der Waals surface area contributed by atoms with Crippen LogP contribution in [-0.4, -0.2) is 48.1 Å². The maximum Gasteiger partial charge on any atom is 0.337 e. The number of ether oxygens (including phenoxy) is 2. The molecular weight excluding hydrogens is 216 g/mol. The fourth-order valence-electron chi connectivity index (χ4n) is 0.574. The molecule has 6 nitrogen and oxygen atoms in total. The zero-order valence-electron chi connectivity index (χ0n) is 10.1. The number of rotatable bonds is 4. The van der Waals surface area contributed by atoms with Crippen LogP contribution in [0.1, 0.15) is 27.2 Å². The van der Waals surface area contributed by atoms with Crippen molar-refractivity contribution in [2.24, 2.45) is 0 Å². The summed E-state index contributed by atoms with van der Waals surface area (Å²) in [5.41, 5.74) is -1.35. The second-order valence-corrected chi connectivity index (χ2v) is 3.33. The lowest BCUT2D eigenvalue weighted by Gasteiger charge is -2.12. The number of hydrogen-bond acceptors (Lipinski definition) is 6. The zero-order chi connectivity index (χ0) is 13.2. The van der Waals surface area contributed by atoms with E-state index in [4.69, 9.17) is 10.2 Å². The maximum atomic E-state index is 10.4. The van der Waals surface area contributed by atoms with E-state index in [9.17, 15) is 9.59 Å². The largest absolute Gasteiger partial charge is 0.467 e. The molecule has 0 aliphatic rings. The van der Waals surface area contributed by atoms with Crippen molar-refractivity contribution in [1.82, 2.24) is 0 Å². The van der Waals surface area contributed by atoms with E-state index in [1.807, 2.05) is 0 Å². The minimum absolute atomic E-state index is 0.105. The second-order valence-electron chi connectivity index (χ2n) is 3.33. The average Bonchev–Trinajstić information content (AvgIpc) is 2.17. The van der Waals surface area contributed by atoms with Crippen LogP contribution in [0.5, 0.6) is 0 Å². The van der Waals surface area contributed by atoms with E-state index < -0.39 is 11.6 Å². The van der Waals surface area contributed by atoms with Crippen molar-refractivity contribution < 1.29 is 29.3 Å². The number of hydrogen-bond donors (Lipinski definition) is 2. The van der Waals surface area contributed by atoms with Gasteiger partial charge in [-0.05, 0) is 20.8 Å². The van der Waals surface area contributed by atoms with Crippen LogP contribution in [0.25, 0.3) is 0 Å². The molecule has 0 saturated carbocycles. The first-order valence-corrected chi connectivity index (χ1v) is 4.86. The molecule has 0 atom stereocenters. The van der Waals surface area contributed by atoms with Gasteiger partial charge in [0.15, 0.2) is 5.60 Å². The molecule has 0 spiro atoms. The molecule has 0 aromatic carbocycles. The standard InChI is InChI=1S/2C5H10O3/c1-5(2,7)4(6)8-3;1-2-8-5(7)3-4-6/h7H,1-3H3;6H,2-4H2,1H3. The molecule has 0 heterocycles. The molecule has 0 bridgehead atoms. The highest BCUT2D eigenvalue weighted by Crippen LogP contribution is 2.01. The normalized spacial score (nSPS) is 9.88. The van der Waals surface area contributed by atoms with Crippen LogP contribution in [0.3, 0.4) is 0 Å². The molecule has 0 aliphatic carbocycles. The Labute approximate surface area is 95.2 Å². The Balaban J connectivity index is 0. The minimum atomic E-state index is -1.35. The van der Waals surface area contributed by atoms with Crippen LogP contribution in [0.2, 0.25) is 0 Å². The molecular formula is C10H20O6. The van der Waals surface area contributed by atoms with Gasteiger partial charge in [-0.3, -0.25) is 4.79 Å². The number of carbonyl (C=O) groups excluding carboxylic acids is 2. The zero-order valence-corrected chi connectivity index (χ0v) is 10.1. The molecule has 0 amide bonds. The van der Waals surface area contributed by atoms with E-state index >= 15 is 0 Å². The van der Waals surface area contributed by atoms with Gasteiger partial charge >= 0.3 is 11.9 Å². The molecule has 0 unspecified atom stereocenters. The first-order valence-electron chi connectivity index (χ1n) is 4.86. The summed E-state index contributed by atoms with van der Waals surface area (Å²) in [4.78, 5) is 20.6. The van der Waals surface area contributed by atoms with Crippen LogP contribution in [0, 0.1) is 0 Å². The summed E-state index contributed by atoms with van der Waals surface area (Å²) in [5.74, 6) is -0.951. The quantitative estimate of drug-likeness (QED) is 0.660. The van der Waals surface area contributed by atoms with Crippen LogP contribution in [-0.2, 0) is 19.1 Å². The first kappa shape index (κ1) is 17.3. The lowest BCUT2D eigenvalue weighted by Crippen LogP contribution is -2.31. The number of methoxy groups -OCH3 is 1. The van der Waals surface area contributed by atoms with E-state index in [0.717, 1.165) is 0 Å². The summed E-state index contributed by atoms with van der Waals surface area (Å²) in [5, 5.41) is 17.0. The topological polar surface area (TPSA) is 93.1 Å². The molecule has 0 radical (unpaired) electrons. The predicted octanol–water partition coefficient (Wildman–Crippen LogP) is -0.138. The second kappa shape index (κ2) is 9.11. The van der Waals surface area contributed by atoms with Gasteiger partial charge in [0.05, 0.1) is 26.7 Å². The van der Waals surface area contributed by atoms with Gasteiger partial charge < -0.3 is 19.7 Å². The first-order chi connectivity index (χ1) is 7.29. The molecule has 0 aromatic rings. The van der Waals surface area contributed by atoms with E-state index in [1.54, 1.807) is 6.92 Å². The van der Waals surface area contributed by atoms with Gasteiger partial charge in [0.1, 0.15) is 0 Å². The molecule has 0 saturated heterocycles. The molecule has 6 heteroatoms. The van der Waals surface area contributed by atoms with Gasteiger partial charge in [0.25, 0.3) is 0 Å². The highest BCUT2D eigenvalue weighted by molar-refractivity contribution is 5.77. The van der Waals surface area contributed by atoms with Gasteiger partial charge in [0, 0.05) is 0 Å². The van der Waals surface area contributed by atoms with Crippen molar-refractivity contribution >= 4 is 11.9 Å². The molecule has 0 fully saturated rings. The Kier molecular flexibility index (Phi) is 9.83. The summed E-state index contributed by atoms with van der Waals surface area (Å²) in [6.07, 6.45) is 0.105. The van der Waals surface area contributed by atoms with Crippen LogP contribution >= 0.6 is 0 Å². The SMILES string of the molecule is CCOC(=O)CCO.COC(=O)C(C)(C)O. The highest BCUT2D eigenvalue weighted by Gasteiger charge is 2.23. The average molecular weight is 236 g/mol. The van der Waals surface area contributed by atoms with Gasteiger partial charge in [0.2, 0.25) is 0 Å². The van der Waals surface area contributed by atoms with Crippen LogP contribution in [0.4, 0.5) is 0 Å². The molecule has 96 valence electrons. The van der Waals surface area contributed by atoms with Crippen LogP contribution < -0.4 is 0 Å². The van der Waals surface area contributed by atoms with Crippen molar-refractivity contribution in [3.8, 4) is 0 Å². The third-order valence-corrected chi connectivity index (χ3v) is 1.31. The Morgan fingerprint density at radius 2 is 1.81 bits per heavy atom. The number of carbonyl (C=O) groups is 2. The number of aliphatic hydroxyl groups is 2. The highest BCUT2D eigenvalue weighted by atomic mass is 16.5. The van der Waals surface area contributed by atoms with Gasteiger partial charge in [-0.1, -0.05) is 0 Å². The number of aliphatic hydroxyl groups excluding tert-OH is 1. The van der Waals surface area contributed by atoms with Gasteiger partial charge in [-0.25, -0.2) is 4.79 Å². The predicted molar refractivity (Wildman–Crippen MR) is 56.6 cm³/mol. The molecule has 0 aliphatic heterocycles. The van der Waals surface area contributed by atoms with E-state index in [0.29, 0.717) is 6.61 Å². The minimum Gasteiger partial charge on any atom is -0.467 e. The molecule has 2 N–H and O–H groups in total. The lowest BCUT2D eigenvalue weighted by molar-refractivity contribution is -0.158. The summed E-state index contributed by atoms with van der Waals surface area (Å²) in [6.45, 7) is 4.74. The third kappa shape index (κ3) is 10.9. The van der Waals surface area contributed by atoms with Gasteiger partial charge in [-0.15, -0.1) is 0 Å². The molecule has 0 aromatic heterocycles. The number of esters is 2. The molecule has 0 rings (SSSR count). The molecule has 16 heavy (non-hydrogen) atoms. The van der Waals surface area contributed by atoms with Crippen molar-refractivity contribution in [2.75, 3.05) is 20.3 Å². The third-order valence-electron chi connectivity index (χ3n) is 1.31. The fourth-order valence-corrected chi connectivity index (χ4v) is 0.574. The lowest BCUT2D eigenvalue weighted by atomic mass is 10.1. The summed E-state index contributed by atoms with van der Waals surface area (Å²) in [6, 6.07) is 0. The van der Waals surface area contributed by atoms with Crippen LogP contribution in [0.15, 0.2) is 0 Å². The Morgan fingerprint density at radius 3 is 2.00 bits per heavy atom. The Morgan fingerprint density at radius 1 is 1.31 bits per heavy atom. The maximum absolute atomic E-state index is 10.4. The summed E-state index contributed by atoms with van der Waals surface area (Å²) < 4.78 is 8.71. The summed E-state index contributed by atoms with van der Waals surface area (Å²) >= 11 is 0. The van der Waals surface area contributed by atoms with E-state index in [1.165, 1.54) is 21.0 Å². The summed E-state index contributed by atoms with van der Waals surface area (Å²) in [7, 11) is 1.24. The van der Waals surface area contributed by atoms with Crippen molar-refractivity contribution in [3.05, 3.63) is 0 Å². The Hall–Kier alpha value is -1.14. The monoisotopic (exact) mass is 236 g/mol. The van der Waals surface area contributed by atoms with E-state index in [2.05, 4.69) is 9.47 Å². The van der Waals surface area contributed by atoms with Gasteiger partial charge in [-0.2, -0.15) is 0 Å². The fraction of sp³-hybridized carbons (Fsp3) is 0.800. The van der Waals surface area contributed by atoms with Crippen molar-refractivity contribution in [1.29, 1.82) is 0 Å². The Bertz CT molecular complexity index is 198. The van der Waals surface area contributed by atoms with Crippen molar-refractivity contribution in [3.63, 3.8) is 0 Å². The van der Waals surface area contributed by atoms with Crippen molar-refractivity contribution in [2.45, 2.75) is 32.8 Å².